The first kappa shape index (κ1) is 11.2. The summed E-state index contributed by atoms with van der Waals surface area (Å²) in [6, 6.07) is 12.9. The summed E-state index contributed by atoms with van der Waals surface area (Å²) in [5.41, 5.74) is 1.28. The molecule has 1 aromatic carbocycles. The van der Waals surface area contributed by atoms with Crippen LogP contribution in [-0.2, 0) is 9.53 Å². The summed E-state index contributed by atoms with van der Waals surface area (Å²) in [6.07, 6.45) is 3.23. The van der Waals surface area contributed by atoms with Gasteiger partial charge in [0.2, 0.25) is 0 Å². The Morgan fingerprint density at radius 3 is 2.53 bits per heavy atom. The van der Waals surface area contributed by atoms with Crippen LogP contribution in [-0.4, -0.2) is 13.1 Å². The van der Waals surface area contributed by atoms with E-state index in [1.54, 1.807) is 24.5 Å². The van der Waals surface area contributed by atoms with Crippen LogP contribution in [0.5, 0.6) is 0 Å². The summed E-state index contributed by atoms with van der Waals surface area (Å²) in [4.78, 5) is 11.7. The van der Waals surface area contributed by atoms with Gasteiger partial charge >= 0.3 is 5.97 Å². The van der Waals surface area contributed by atoms with Gasteiger partial charge in [0.1, 0.15) is 5.76 Å². The highest BCUT2D eigenvalue weighted by Crippen LogP contribution is 2.19. The second-order valence-electron chi connectivity index (χ2n) is 3.43. The number of esters is 1. The van der Waals surface area contributed by atoms with Crippen LogP contribution in [0.4, 0.5) is 0 Å². The van der Waals surface area contributed by atoms with Gasteiger partial charge in [-0.1, -0.05) is 30.3 Å². The SMILES string of the molecule is COC(=O)/C(=C/c1ccco1)c1ccccc1. The van der Waals surface area contributed by atoms with Gasteiger partial charge in [-0.15, -0.1) is 0 Å². The molecule has 0 N–H and O–H groups in total. The first-order valence-electron chi connectivity index (χ1n) is 5.20. The summed E-state index contributed by atoms with van der Waals surface area (Å²) in [7, 11) is 1.36. The Morgan fingerprint density at radius 2 is 1.94 bits per heavy atom. The molecule has 0 saturated heterocycles. The topological polar surface area (TPSA) is 39.4 Å². The van der Waals surface area contributed by atoms with Crippen molar-refractivity contribution in [2.24, 2.45) is 0 Å². The van der Waals surface area contributed by atoms with E-state index >= 15 is 0 Å². The fourth-order valence-corrected chi connectivity index (χ4v) is 1.50. The van der Waals surface area contributed by atoms with Gasteiger partial charge in [0, 0.05) is 0 Å². The molecule has 1 heterocycles. The van der Waals surface area contributed by atoms with Gasteiger partial charge < -0.3 is 9.15 Å². The lowest BCUT2D eigenvalue weighted by molar-refractivity contribution is -0.133. The Hall–Kier alpha value is -2.29. The van der Waals surface area contributed by atoms with Crippen LogP contribution in [0, 0.1) is 0 Å². The fraction of sp³-hybridized carbons (Fsp3) is 0.0714. The maximum absolute atomic E-state index is 11.7. The van der Waals surface area contributed by atoms with Crippen molar-refractivity contribution in [1.82, 2.24) is 0 Å². The maximum Gasteiger partial charge on any atom is 0.338 e. The van der Waals surface area contributed by atoms with E-state index in [2.05, 4.69) is 0 Å². The number of ether oxygens (including phenoxy) is 1. The second-order valence-corrected chi connectivity index (χ2v) is 3.43. The molecule has 86 valence electrons. The monoisotopic (exact) mass is 228 g/mol. The normalized spacial score (nSPS) is 11.2. The van der Waals surface area contributed by atoms with E-state index in [0.29, 0.717) is 11.3 Å². The van der Waals surface area contributed by atoms with Gasteiger partial charge in [0.15, 0.2) is 0 Å². The number of rotatable bonds is 3. The van der Waals surface area contributed by atoms with Crippen molar-refractivity contribution in [3.63, 3.8) is 0 Å². The molecule has 2 rings (SSSR count). The zero-order valence-electron chi connectivity index (χ0n) is 9.42. The lowest BCUT2D eigenvalue weighted by Gasteiger charge is -2.04. The van der Waals surface area contributed by atoms with Gasteiger partial charge in [-0.25, -0.2) is 4.79 Å². The zero-order chi connectivity index (χ0) is 12.1. The molecule has 1 aromatic heterocycles. The maximum atomic E-state index is 11.7. The van der Waals surface area contributed by atoms with Gasteiger partial charge in [0.05, 0.1) is 18.9 Å². The van der Waals surface area contributed by atoms with Crippen molar-refractivity contribution in [1.29, 1.82) is 0 Å². The predicted molar refractivity (Wildman–Crippen MR) is 65.0 cm³/mol. The molecule has 3 heteroatoms. The van der Waals surface area contributed by atoms with Crippen LogP contribution in [0.1, 0.15) is 11.3 Å². The summed E-state index contributed by atoms with van der Waals surface area (Å²) in [5.74, 6) is 0.238. The molecule has 0 aliphatic carbocycles. The average molecular weight is 228 g/mol. The van der Waals surface area contributed by atoms with Crippen LogP contribution >= 0.6 is 0 Å². The van der Waals surface area contributed by atoms with Gasteiger partial charge in [-0.2, -0.15) is 0 Å². The summed E-state index contributed by atoms with van der Waals surface area (Å²) in [5, 5.41) is 0. The molecule has 17 heavy (non-hydrogen) atoms. The van der Waals surface area contributed by atoms with E-state index in [1.807, 2.05) is 30.3 Å². The summed E-state index contributed by atoms with van der Waals surface area (Å²) >= 11 is 0. The molecule has 0 unspecified atom stereocenters. The highest BCUT2D eigenvalue weighted by molar-refractivity contribution is 6.21. The number of methoxy groups -OCH3 is 1. The Morgan fingerprint density at radius 1 is 1.18 bits per heavy atom. The quantitative estimate of drug-likeness (QED) is 0.598. The van der Waals surface area contributed by atoms with Crippen molar-refractivity contribution in [3.05, 3.63) is 60.1 Å². The van der Waals surface area contributed by atoms with E-state index in [-0.39, 0.29) is 5.97 Å². The van der Waals surface area contributed by atoms with Crippen LogP contribution in [0.2, 0.25) is 0 Å². The fourth-order valence-electron chi connectivity index (χ4n) is 1.50. The Balaban J connectivity index is 2.43. The lowest BCUT2D eigenvalue weighted by atomic mass is 10.1. The minimum atomic E-state index is -0.382. The van der Waals surface area contributed by atoms with Crippen molar-refractivity contribution in [2.75, 3.05) is 7.11 Å². The molecule has 0 aliphatic heterocycles. The van der Waals surface area contributed by atoms with Crippen LogP contribution in [0.15, 0.2) is 53.1 Å². The van der Waals surface area contributed by atoms with Gasteiger partial charge in [-0.05, 0) is 23.8 Å². The third-order valence-corrected chi connectivity index (χ3v) is 2.32. The number of hydrogen-bond donors (Lipinski definition) is 0. The van der Waals surface area contributed by atoms with E-state index in [9.17, 15) is 4.79 Å². The number of hydrogen-bond acceptors (Lipinski definition) is 3. The molecule has 0 aliphatic rings. The highest BCUT2D eigenvalue weighted by Gasteiger charge is 2.12. The molecule has 0 atom stereocenters. The standard InChI is InChI=1S/C14H12O3/c1-16-14(15)13(10-12-8-5-9-17-12)11-6-3-2-4-7-11/h2-10H,1H3/b13-10+. The third-order valence-electron chi connectivity index (χ3n) is 2.32. The first-order chi connectivity index (χ1) is 8.31. The molecule has 0 saturated carbocycles. The van der Waals surface area contributed by atoms with Gasteiger partial charge in [-0.3, -0.25) is 0 Å². The largest absolute Gasteiger partial charge is 0.465 e. The molecular weight excluding hydrogens is 216 g/mol. The summed E-state index contributed by atoms with van der Waals surface area (Å²) < 4.78 is 9.96. The van der Waals surface area contributed by atoms with E-state index in [0.717, 1.165) is 5.56 Å². The number of furan rings is 1. The van der Waals surface area contributed by atoms with E-state index in [4.69, 9.17) is 9.15 Å². The smallest absolute Gasteiger partial charge is 0.338 e. The Kier molecular flexibility index (Phi) is 3.40. The first-order valence-corrected chi connectivity index (χ1v) is 5.20. The minimum absolute atomic E-state index is 0.382. The predicted octanol–water partition coefficient (Wildman–Crippen LogP) is 2.99. The van der Waals surface area contributed by atoms with Gasteiger partial charge in [0.25, 0.3) is 0 Å². The number of benzene rings is 1. The highest BCUT2D eigenvalue weighted by atomic mass is 16.5. The number of carbonyl (C=O) groups is 1. The molecule has 0 bridgehead atoms. The number of carbonyl (C=O) groups excluding carboxylic acids is 1. The van der Waals surface area contributed by atoms with Crippen LogP contribution in [0.3, 0.4) is 0 Å². The van der Waals surface area contributed by atoms with Crippen molar-refractivity contribution < 1.29 is 13.9 Å². The lowest BCUT2D eigenvalue weighted by Crippen LogP contribution is -2.03. The van der Waals surface area contributed by atoms with Crippen LogP contribution < -0.4 is 0 Å². The zero-order valence-corrected chi connectivity index (χ0v) is 9.42. The van der Waals surface area contributed by atoms with E-state index < -0.39 is 0 Å². The van der Waals surface area contributed by atoms with Crippen molar-refractivity contribution in [2.45, 2.75) is 0 Å². The van der Waals surface area contributed by atoms with Crippen molar-refractivity contribution in [3.8, 4) is 0 Å². The minimum Gasteiger partial charge on any atom is -0.465 e. The van der Waals surface area contributed by atoms with Crippen LogP contribution in [0.25, 0.3) is 11.6 Å². The molecule has 0 radical (unpaired) electrons. The Bertz CT molecular complexity index is 510. The molecule has 0 spiro atoms. The molecule has 0 fully saturated rings. The molecule has 0 amide bonds. The molecule has 3 nitrogen and oxygen atoms in total. The molecule has 2 aromatic rings. The third kappa shape index (κ3) is 2.64. The Labute approximate surface area is 99.3 Å². The molecular formula is C14H12O3. The van der Waals surface area contributed by atoms with E-state index in [1.165, 1.54) is 7.11 Å². The average Bonchev–Trinajstić information content (AvgIpc) is 2.89. The van der Waals surface area contributed by atoms with Crippen molar-refractivity contribution >= 4 is 17.6 Å². The second kappa shape index (κ2) is 5.16. The summed E-state index contributed by atoms with van der Waals surface area (Å²) in [6.45, 7) is 0.